The first-order valence-electron chi connectivity index (χ1n) is 20.9. The maximum absolute atomic E-state index is 6.94. The maximum atomic E-state index is 6.94. The van der Waals surface area contributed by atoms with Crippen LogP contribution in [0.4, 0.5) is 17.1 Å². The summed E-state index contributed by atoms with van der Waals surface area (Å²) in [6.07, 6.45) is -0.383. The van der Waals surface area contributed by atoms with E-state index in [-0.39, 0.29) is 18.5 Å². The van der Waals surface area contributed by atoms with E-state index in [0.29, 0.717) is 0 Å². The van der Waals surface area contributed by atoms with Crippen LogP contribution in [0.25, 0.3) is 65.8 Å². The van der Waals surface area contributed by atoms with Crippen LogP contribution in [0.15, 0.2) is 215 Å². The Morgan fingerprint density at radius 3 is 1.70 bits per heavy atom. The fourth-order valence-electron chi connectivity index (χ4n) is 9.41. The van der Waals surface area contributed by atoms with Crippen LogP contribution in [-0.4, -0.2) is 0 Å². The Balaban J connectivity index is 1.03. The third-order valence-corrected chi connectivity index (χ3v) is 12.2. The molecule has 6 nitrogen and oxygen atoms in total. The van der Waals surface area contributed by atoms with E-state index < -0.39 is 0 Å². The molecule has 0 spiro atoms. The topological polar surface area (TPSA) is 65.6 Å². The second-order valence-corrected chi connectivity index (χ2v) is 15.8. The van der Waals surface area contributed by atoms with Crippen molar-refractivity contribution in [1.29, 1.82) is 0 Å². The summed E-state index contributed by atoms with van der Waals surface area (Å²) >= 11 is 0. The van der Waals surface area contributed by atoms with Gasteiger partial charge in [-0.05, 0) is 64.0 Å². The Labute approximate surface area is 352 Å². The highest BCUT2D eigenvalue weighted by molar-refractivity contribution is 6.23. The average molecular weight is 789 g/mol. The molecule has 1 aliphatic rings. The van der Waals surface area contributed by atoms with Crippen molar-refractivity contribution in [2.75, 3.05) is 4.90 Å². The molecule has 0 amide bonds. The third kappa shape index (κ3) is 6.08. The first-order valence-corrected chi connectivity index (χ1v) is 20.9. The zero-order chi connectivity index (χ0) is 40.3. The summed E-state index contributed by atoms with van der Waals surface area (Å²) in [7, 11) is 0. The molecule has 6 heteroatoms. The van der Waals surface area contributed by atoms with Crippen LogP contribution in [0.3, 0.4) is 0 Å². The van der Waals surface area contributed by atoms with Crippen LogP contribution >= 0.6 is 0 Å². The molecule has 0 radical (unpaired) electrons. The molecule has 61 heavy (non-hydrogen) atoms. The van der Waals surface area contributed by atoms with E-state index in [4.69, 9.17) is 8.83 Å². The Kier molecular flexibility index (Phi) is 8.52. The molecule has 0 aliphatic carbocycles. The van der Waals surface area contributed by atoms with Crippen molar-refractivity contribution < 1.29 is 8.83 Å². The van der Waals surface area contributed by atoms with Gasteiger partial charge < -0.3 is 13.7 Å². The predicted molar refractivity (Wildman–Crippen MR) is 249 cm³/mol. The molecule has 3 heterocycles. The van der Waals surface area contributed by atoms with Crippen LogP contribution in [0.2, 0.25) is 0 Å². The lowest BCUT2D eigenvalue weighted by Gasteiger charge is -2.39. The summed E-state index contributed by atoms with van der Waals surface area (Å²) in [5, 5.41) is 18.3. The molecule has 1 aliphatic heterocycles. The van der Waals surface area contributed by atoms with Gasteiger partial charge in [-0.1, -0.05) is 164 Å². The number of anilines is 3. The zero-order valence-electron chi connectivity index (χ0n) is 33.1. The highest BCUT2D eigenvalue weighted by Crippen LogP contribution is 2.47. The van der Waals surface area contributed by atoms with Crippen LogP contribution in [0.1, 0.15) is 35.2 Å². The summed E-state index contributed by atoms with van der Waals surface area (Å²) in [5.41, 5.74) is 12.2. The number of para-hydroxylation sites is 3. The normalized spacial score (nSPS) is 16.8. The Morgan fingerprint density at radius 1 is 0.377 bits per heavy atom. The summed E-state index contributed by atoms with van der Waals surface area (Å²) in [6, 6.07) is 72.6. The molecule has 0 bridgehead atoms. The van der Waals surface area contributed by atoms with Gasteiger partial charge in [0.1, 0.15) is 22.3 Å². The minimum absolute atomic E-state index is 0.0940. The monoisotopic (exact) mass is 788 g/mol. The molecular formula is C55H40N4O2. The summed E-state index contributed by atoms with van der Waals surface area (Å²) in [4.78, 5) is 2.35. The molecule has 1 saturated heterocycles. The van der Waals surface area contributed by atoms with Gasteiger partial charge in [0.15, 0.2) is 0 Å². The van der Waals surface area contributed by atoms with Gasteiger partial charge in [0.05, 0.1) is 24.2 Å². The van der Waals surface area contributed by atoms with E-state index in [1.807, 2.05) is 12.1 Å². The van der Waals surface area contributed by atoms with Gasteiger partial charge in [-0.3, -0.25) is 16.0 Å². The van der Waals surface area contributed by atoms with Crippen molar-refractivity contribution in [3.63, 3.8) is 0 Å². The van der Waals surface area contributed by atoms with Crippen LogP contribution in [0, 0.1) is 0 Å². The van der Waals surface area contributed by atoms with E-state index in [1.165, 1.54) is 11.1 Å². The molecule has 12 rings (SSSR count). The minimum atomic E-state index is -0.195. The Hall–Kier alpha value is -7.48. The number of hydrogen-bond donors (Lipinski definition) is 3. The number of nitrogens with one attached hydrogen (secondary N) is 3. The molecule has 9 aromatic carbocycles. The van der Waals surface area contributed by atoms with Crippen molar-refractivity contribution in [1.82, 2.24) is 16.0 Å². The first kappa shape index (κ1) is 35.5. The van der Waals surface area contributed by atoms with Crippen LogP contribution in [0.5, 0.6) is 0 Å². The smallest absolute Gasteiger partial charge is 0.143 e. The van der Waals surface area contributed by atoms with Crippen molar-refractivity contribution >= 4 is 71.7 Å². The van der Waals surface area contributed by atoms with Crippen LogP contribution in [-0.2, 0) is 0 Å². The third-order valence-electron chi connectivity index (χ3n) is 12.2. The van der Waals surface area contributed by atoms with Gasteiger partial charge in [-0.2, -0.15) is 0 Å². The van der Waals surface area contributed by atoms with Gasteiger partial charge in [-0.15, -0.1) is 0 Å². The van der Waals surface area contributed by atoms with Gasteiger partial charge >= 0.3 is 0 Å². The maximum Gasteiger partial charge on any atom is 0.143 e. The van der Waals surface area contributed by atoms with Crippen molar-refractivity contribution in [2.24, 2.45) is 0 Å². The lowest BCUT2D eigenvalue weighted by Crippen LogP contribution is -2.54. The van der Waals surface area contributed by atoms with Crippen molar-refractivity contribution in [3.8, 4) is 11.1 Å². The van der Waals surface area contributed by atoms with Crippen molar-refractivity contribution in [3.05, 3.63) is 223 Å². The lowest BCUT2D eigenvalue weighted by atomic mass is 9.96. The SMILES string of the molecule is c1ccc(C2NC(c3ccccc3)NC(c3cccc4oc5cc(N(c6ccccc6)c6cccc(-c7cccc8c7oc7ccccc78)c6)c6ccccc6c5c34)N2)cc1. The van der Waals surface area contributed by atoms with Crippen LogP contribution < -0.4 is 20.9 Å². The van der Waals surface area contributed by atoms with Gasteiger partial charge in [-0.25, -0.2) is 0 Å². The molecule has 2 unspecified atom stereocenters. The highest BCUT2D eigenvalue weighted by atomic mass is 16.3. The number of benzene rings is 9. The number of nitrogens with zero attached hydrogens (tertiary/aromatic N) is 1. The molecule has 1 fully saturated rings. The summed E-state index contributed by atoms with van der Waals surface area (Å²) < 4.78 is 13.5. The zero-order valence-corrected chi connectivity index (χ0v) is 33.1. The standard InChI is InChI=1S/C55H40N4O2/c1-4-17-35(18-5-1)53-56-54(36-19-6-2-7-20-36)58-55(57-53)45-30-16-32-48-51(45)50-43-27-11-10-25-41(43)46(34-49(50)60-48)59(38-22-8-3-9-23-38)39-24-14-21-37(33-39)40-28-15-29-44-42-26-12-13-31-47(42)61-52(40)44/h1-34,53-58H. The average Bonchev–Trinajstić information content (AvgIpc) is 3.91. The number of rotatable bonds is 7. The number of fused-ring (bicyclic) bond motifs is 8. The highest BCUT2D eigenvalue weighted by Gasteiger charge is 2.32. The second kappa shape index (κ2) is 14.7. The molecule has 3 N–H and O–H groups in total. The Morgan fingerprint density at radius 2 is 0.951 bits per heavy atom. The summed E-state index contributed by atoms with van der Waals surface area (Å²) in [5.74, 6) is 0. The number of hydrogen-bond acceptors (Lipinski definition) is 6. The fourth-order valence-corrected chi connectivity index (χ4v) is 9.41. The minimum Gasteiger partial charge on any atom is -0.456 e. The van der Waals surface area contributed by atoms with E-state index in [2.05, 4.69) is 215 Å². The van der Waals surface area contributed by atoms with E-state index in [9.17, 15) is 0 Å². The van der Waals surface area contributed by atoms with Gasteiger partial charge in [0.2, 0.25) is 0 Å². The predicted octanol–water partition coefficient (Wildman–Crippen LogP) is 14.0. The van der Waals surface area contributed by atoms with Gasteiger partial charge in [0, 0.05) is 49.9 Å². The van der Waals surface area contributed by atoms with E-state index in [1.54, 1.807) is 0 Å². The number of furan rings is 2. The molecule has 2 aromatic heterocycles. The molecule has 292 valence electrons. The van der Waals surface area contributed by atoms with E-state index in [0.717, 1.165) is 88.4 Å². The summed E-state index contributed by atoms with van der Waals surface area (Å²) in [6.45, 7) is 0. The molecule has 11 aromatic rings. The van der Waals surface area contributed by atoms with E-state index >= 15 is 0 Å². The quantitative estimate of drug-likeness (QED) is 0.149. The lowest BCUT2D eigenvalue weighted by molar-refractivity contribution is 0.204. The first-order chi connectivity index (χ1) is 30.2. The Bertz CT molecular complexity index is 3330. The fraction of sp³-hybridized carbons (Fsp3) is 0.0545. The van der Waals surface area contributed by atoms with Crippen molar-refractivity contribution in [2.45, 2.75) is 18.5 Å². The molecule has 2 atom stereocenters. The second-order valence-electron chi connectivity index (χ2n) is 15.8. The largest absolute Gasteiger partial charge is 0.456 e. The molecular weight excluding hydrogens is 749 g/mol. The van der Waals surface area contributed by atoms with Gasteiger partial charge in [0.25, 0.3) is 0 Å². The molecule has 0 saturated carbocycles.